The Hall–Kier alpha value is -3.41. The molecule has 3 aromatic rings. The summed E-state index contributed by atoms with van der Waals surface area (Å²) < 4.78 is 5.19. The number of aryl methyl sites for hydroxylation is 1. The minimum Gasteiger partial charge on any atom is -0.497 e. The summed E-state index contributed by atoms with van der Waals surface area (Å²) in [5, 5.41) is 3.31. The number of anilines is 2. The Kier molecular flexibility index (Phi) is 5.42. The van der Waals surface area contributed by atoms with Crippen LogP contribution in [0, 0.1) is 6.92 Å². The average Bonchev–Trinajstić information content (AvgIpc) is 3.17. The number of carbonyl (C=O) groups excluding carboxylic acids is 1. The monoisotopic (exact) mass is 388 g/mol. The van der Waals surface area contributed by atoms with Crippen molar-refractivity contribution in [3.05, 3.63) is 77.2 Å². The van der Waals surface area contributed by atoms with E-state index in [-0.39, 0.29) is 5.91 Å². The highest BCUT2D eigenvalue weighted by molar-refractivity contribution is 6.06. The molecule has 1 amide bonds. The van der Waals surface area contributed by atoms with Gasteiger partial charge in [-0.25, -0.2) is 9.97 Å². The summed E-state index contributed by atoms with van der Waals surface area (Å²) in [6.45, 7) is 3.20. The van der Waals surface area contributed by atoms with Crippen molar-refractivity contribution in [2.75, 3.05) is 30.4 Å². The Morgan fingerprint density at radius 2 is 1.93 bits per heavy atom. The van der Waals surface area contributed by atoms with Gasteiger partial charge in [-0.05, 0) is 49.1 Å². The van der Waals surface area contributed by atoms with Crippen LogP contribution in [-0.2, 0) is 12.8 Å². The molecule has 1 aromatic heterocycles. The lowest BCUT2D eigenvalue weighted by atomic mass is 10.1. The van der Waals surface area contributed by atoms with E-state index in [1.807, 2.05) is 49.4 Å². The summed E-state index contributed by atoms with van der Waals surface area (Å²) in [5.74, 6) is 2.01. The number of ether oxygens (including phenoxy) is 1. The highest BCUT2D eigenvalue weighted by atomic mass is 16.5. The van der Waals surface area contributed by atoms with Crippen molar-refractivity contribution < 1.29 is 9.53 Å². The molecule has 0 spiro atoms. The molecule has 0 unspecified atom stereocenters. The normalized spacial score (nSPS) is 12.6. The first kappa shape index (κ1) is 18.9. The summed E-state index contributed by atoms with van der Waals surface area (Å²) >= 11 is 0. The molecule has 0 fully saturated rings. The number of nitrogens with zero attached hydrogens (tertiary/aromatic N) is 3. The maximum Gasteiger partial charge on any atom is 0.277 e. The molecule has 1 aliphatic rings. The molecule has 148 valence electrons. The van der Waals surface area contributed by atoms with Crippen LogP contribution >= 0.6 is 0 Å². The molecule has 0 saturated carbocycles. The zero-order valence-electron chi connectivity index (χ0n) is 16.7. The standard InChI is InChI=1S/C23H24N4O2/c1-16-25-20(23(28)27-14-12-18-5-3-4-6-21(18)27)15-22(26-16)24-13-11-17-7-9-19(29-2)10-8-17/h3-10,15H,11-14H2,1-2H3,(H,24,25,26). The van der Waals surface area contributed by atoms with Gasteiger partial charge in [-0.2, -0.15) is 0 Å². The zero-order valence-corrected chi connectivity index (χ0v) is 16.7. The number of methoxy groups -OCH3 is 1. The molecule has 6 nitrogen and oxygen atoms in total. The van der Waals surface area contributed by atoms with Gasteiger partial charge < -0.3 is 15.0 Å². The second-order valence-corrected chi connectivity index (χ2v) is 7.05. The van der Waals surface area contributed by atoms with Crippen molar-refractivity contribution in [1.29, 1.82) is 0 Å². The second kappa shape index (κ2) is 8.31. The van der Waals surface area contributed by atoms with Crippen LogP contribution in [0.25, 0.3) is 0 Å². The molecular formula is C23H24N4O2. The van der Waals surface area contributed by atoms with Gasteiger partial charge >= 0.3 is 0 Å². The van der Waals surface area contributed by atoms with Gasteiger partial charge in [0.05, 0.1) is 7.11 Å². The van der Waals surface area contributed by atoms with Gasteiger partial charge in [0.1, 0.15) is 23.1 Å². The van der Waals surface area contributed by atoms with Crippen molar-refractivity contribution in [3.8, 4) is 5.75 Å². The topological polar surface area (TPSA) is 67.3 Å². The summed E-state index contributed by atoms with van der Waals surface area (Å²) in [7, 11) is 1.66. The van der Waals surface area contributed by atoms with Crippen LogP contribution in [0.15, 0.2) is 54.6 Å². The number of amides is 1. The molecule has 2 aromatic carbocycles. The Morgan fingerprint density at radius 1 is 1.14 bits per heavy atom. The first-order valence-corrected chi connectivity index (χ1v) is 9.76. The first-order chi connectivity index (χ1) is 14.1. The van der Waals surface area contributed by atoms with Gasteiger partial charge in [-0.1, -0.05) is 30.3 Å². The predicted octanol–water partition coefficient (Wildman–Crippen LogP) is 3.65. The number of benzene rings is 2. The van der Waals surface area contributed by atoms with E-state index in [1.54, 1.807) is 18.1 Å². The van der Waals surface area contributed by atoms with Gasteiger partial charge in [-0.15, -0.1) is 0 Å². The summed E-state index contributed by atoms with van der Waals surface area (Å²) in [4.78, 5) is 23.7. The molecule has 1 aliphatic heterocycles. The summed E-state index contributed by atoms with van der Waals surface area (Å²) in [5.41, 5.74) is 3.79. The number of hydrogen-bond donors (Lipinski definition) is 1. The highest BCUT2D eigenvalue weighted by Crippen LogP contribution is 2.28. The number of hydrogen-bond acceptors (Lipinski definition) is 5. The Bertz CT molecular complexity index is 1020. The van der Waals surface area contributed by atoms with E-state index in [0.29, 0.717) is 30.4 Å². The van der Waals surface area contributed by atoms with Crippen LogP contribution < -0.4 is 15.0 Å². The van der Waals surface area contributed by atoms with E-state index in [1.165, 1.54) is 11.1 Å². The van der Waals surface area contributed by atoms with Crippen LogP contribution in [0.4, 0.5) is 11.5 Å². The van der Waals surface area contributed by atoms with Gasteiger partial charge in [0.2, 0.25) is 0 Å². The first-order valence-electron chi connectivity index (χ1n) is 9.76. The number of carbonyl (C=O) groups is 1. The second-order valence-electron chi connectivity index (χ2n) is 7.05. The van der Waals surface area contributed by atoms with Crippen molar-refractivity contribution in [2.45, 2.75) is 19.8 Å². The maximum absolute atomic E-state index is 13.1. The smallest absolute Gasteiger partial charge is 0.277 e. The van der Waals surface area contributed by atoms with Crippen LogP contribution in [-0.4, -0.2) is 36.1 Å². The van der Waals surface area contributed by atoms with E-state index >= 15 is 0 Å². The molecule has 0 radical (unpaired) electrons. The van der Waals surface area contributed by atoms with Crippen LogP contribution in [0.3, 0.4) is 0 Å². The molecule has 0 saturated heterocycles. The Labute approximate surface area is 170 Å². The van der Waals surface area contributed by atoms with E-state index in [0.717, 1.165) is 24.3 Å². The van der Waals surface area contributed by atoms with Crippen LogP contribution in [0.5, 0.6) is 5.75 Å². The third-order valence-corrected chi connectivity index (χ3v) is 5.07. The van der Waals surface area contributed by atoms with E-state index in [4.69, 9.17) is 4.74 Å². The molecular weight excluding hydrogens is 364 g/mol. The quantitative estimate of drug-likeness (QED) is 0.698. The predicted molar refractivity (Wildman–Crippen MR) is 114 cm³/mol. The number of para-hydroxylation sites is 1. The number of aromatic nitrogens is 2. The fraction of sp³-hybridized carbons (Fsp3) is 0.261. The summed E-state index contributed by atoms with van der Waals surface area (Å²) in [6, 6.07) is 17.8. The number of fused-ring (bicyclic) bond motifs is 1. The van der Waals surface area contributed by atoms with Crippen LogP contribution in [0.1, 0.15) is 27.4 Å². The molecule has 29 heavy (non-hydrogen) atoms. The Morgan fingerprint density at radius 3 is 2.72 bits per heavy atom. The fourth-order valence-corrected chi connectivity index (χ4v) is 3.58. The molecule has 4 rings (SSSR count). The van der Waals surface area contributed by atoms with E-state index < -0.39 is 0 Å². The summed E-state index contributed by atoms with van der Waals surface area (Å²) in [6.07, 6.45) is 1.72. The van der Waals surface area contributed by atoms with Crippen LogP contribution in [0.2, 0.25) is 0 Å². The average molecular weight is 388 g/mol. The highest BCUT2D eigenvalue weighted by Gasteiger charge is 2.26. The Balaban J connectivity index is 1.44. The van der Waals surface area contributed by atoms with Gasteiger partial charge in [-0.3, -0.25) is 4.79 Å². The van der Waals surface area contributed by atoms with E-state index in [2.05, 4.69) is 21.4 Å². The minimum absolute atomic E-state index is 0.0846. The lowest BCUT2D eigenvalue weighted by molar-refractivity contribution is 0.0984. The molecule has 0 bridgehead atoms. The lowest BCUT2D eigenvalue weighted by Gasteiger charge is -2.17. The van der Waals surface area contributed by atoms with Gasteiger partial charge in [0, 0.05) is 24.8 Å². The molecule has 2 heterocycles. The third-order valence-electron chi connectivity index (χ3n) is 5.07. The molecule has 0 atom stereocenters. The number of nitrogens with one attached hydrogen (secondary N) is 1. The minimum atomic E-state index is -0.0846. The van der Waals surface area contributed by atoms with Crippen molar-refractivity contribution in [2.24, 2.45) is 0 Å². The molecule has 6 heteroatoms. The largest absolute Gasteiger partial charge is 0.497 e. The van der Waals surface area contributed by atoms with Crippen molar-refractivity contribution >= 4 is 17.4 Å². The zero-order chi connectivity index (χ0) is 20.2. The van der Waals surface area contributed by atoms with Crippen molar-refractivity contribution in [3.63, 3.8) is 0 Å². The SMILES string of the molecule is COc1ccc(CCNc2cc(C(=O)N3CCc4ccccc43)nc(C)n2)cc1. The molecule has 1 N–H and O–H groups in total. The third kappa shape index (κ3) is 4.21. The van der Waals surface area contributed by atoms with Gasteiger partial charge in [0.15, 0.2) is 0 Å². The number of rotatable bonds is 6. The lowest BCUT2D eigenvalue weighted by Crippen LogP contribution is -2.30. The fourth-order valence-electron chi connectivity index (χ4n) is 3.58. The maximum atomic E-state index is 13.1. The van der Waals surface area contributed by atoms with Crippen molar-refractivity contribution in [1.82, 2.24) is 9.97 Å². The molecule has 0 aliphatic carbocycles. The van der Waals surface area contributed by atoms with Gasteiger partial charge in [0.25, 0.3) is 5.91 Å². The van der Waals surface area contributed by atoms with E-state index in [9.17, 15) is 4.79 Å².